The summed E-state index contributed by atoms with van der Waals surface area (Å²) >= 11 is 5.49. The molecule has 16 heavy (non-hydrogen) atoms. The minimum atomic E-state index is -3.10. The molecule has 0 radical (unpaired) electrons. The standard InChI is InChI=1S/C10H21ClN2O2S/c1-12(2)9-10-3-6-13(7-4-10)16(14,15)8-5-11/h10H,3-9H2,1-2H3. The van der Waals surface area contributed by atoms with E-state index in [1.807, 2.05) is 0 Å². The molecule has 96 valence electrons. The Kier molecular flexibility index (Phi) is 5.50. The minimum Gasteiger partial charge on any atom is -0.309 e. The molecule has 0 N–H and O–H groups in total. The van der Waals surface area contributed by atoms with Crippen molar-refractivity contribution in [3.8, 4) is 0 Å². The van der Waals surface area contributed by atoms with Gasteiger partial charge in [-0.25, -0.2) is 12.7 Å². The number of halogens is 1. The Hall–Kier alpha value is 0.160. The van der Waals surface area contributed by atoms with Gasteiger partial charge in [0, 0.05) is 25.5 Å². The van der Waals surface area contributed by atoms with Crippen LogP contribution in [-0.4, -0.2) is 63.0 Å². The zero-order valence-corrected chi connectivity index (χ0v) is 11.6. The highest BCUT2D eigenvalue weighted by atomic mass is 35.5. The van der Waals surface area contributed by atoms with Crippen molar-refractivity contribution in [1.29, 1.82) is 0 Å². The van der Waals surface area contributed by atoms with Gasteiger partial charge in [0.1, 0.15) is 0 Å². The topological polar surface area (TPSA) is 40.6 Å². The van der Waals surface area contributed by atoms with Gasteiger partial charge in [-0.3, -0.25) is 0 Å². The van der Waals surface area contributed by atoms with E-state index in [4.69, 9.17) is 11.6 Å². The number of hydrogen-bond acceptors (Lipinski definition) is 3. The summed E-state index contributed by atoms with van der Waals surface area (Å²) in [6.45, 7) is 2.35. The molecular weight excluding hydrogens is 248 g/mol. The molecule has 0 unspecified atom stereocenters. The monoisotopic (exact) mass is 268 g/mol. The second kappa shape index (κ2) is 6.19. The lowest BCUT2D eigenvalue weighted by atomic mass is 9.98. The van der Waals surface area contributed by atoms with Gasteiger partial charge >= 0.3 is 0 Å². The van der Waals surface area contributed by atoms with Crippen LogP contribution in [0.25, 0.3) is 0 Å². The summed E-state index contributed by atoms with van der Waals surface area (Å²) in [5, 5.41) is 0. The van der Waals surface area contributed by atoms with Gasteiger partial charge in [-0.05, 0) is 32.9 Å². The van der Waals surface area contributed by atoms with E-state index in [1.165, 1.54) is 0 Å². The molecule has 1 rings (SSSR count). The summed E-state index contributed by atoms with van der Waals surface area (Å²) in [4.78, 5) is 2.16. The van der Waals surface area contributed by atoms with Gasteiger partial charge in [-0.15, -0.1) is 11.6 Å². The molecule has 0 saturated carbocycles. The van der Waals surface area contributed by atoms with E-state index < -0.39 is 10.0 Å². The average molecular weight is 269 g/mol. The van der Waals surface area contributed by atoms with Crippen LogP contribution >= 0.6 is 11.6 Å². The number of nitrogens with zero attached hydrogens (tertiary/aromatic N) is 2. The van der Waals surface area contributed by atoms with Crippen LogP contribution in [0.1, 0.15) is 12.8 Å². The SMILES string of the molecule is CN(C)CC1CCN(S(=O)(=O)CCCl)CC1. The molecule has 0 aromatic carbocycles. The van der Waals surface area contributed by atoms with E-state index in [0.29, 0.717) is 19.0 Å². The molecule has 1 heterocycles. The van der Waals surface area contributed by atoms with Gasteiger partial charge in [0.25, 0.3) is 0 Å². The molecule has 1 aliphatic rings. The maximum Gasteiger partial charge on any atom is 0.215 e. The van der Waals surface area contributed by atoms with Crippen molar-refractivity contribution in [3.05, 3.63) is 0 Å². The van der Waals surface area contributed by atoms with E-state index in [1.54, 1.807) is 4.31 Å². The van der Waals surface area contributed by atoms with E-state index in [-0.39, 0.29) is 11.6 Å². The van der Waals surface area contributed by atoms with E-state index in [0.717, 1.165) is 19.4 Å². The Bertz CT molecular complexity index is 298. The number of hydrogen-bond donors (Lipinski definition) is 0. The highest BCUT2D eigenvalue weighted by Crippen LogP contribution is 2.20. The maximum absolute atomic E-state index is 11.7. The van der Waals surface area contributed by atoms with Gasteiger partial charge in [0.2, 0.25) is 10.0 Å². The lowest BCUT2D eigenvalue weighted by Gasteiger charge is -2.32. The first-order valence-electron chi connectivity index (χ1n) is 5.64. The Morgan fingerprint density at radius 2 is 1.88 bits per heavy atom. The molecule has 6 heteroatoms. The molecule has 0 aliphatic carbocycles. The number of rotatable bonds is 5. The third kappa shape index (κ3) is 4.20. The van der Waals surface area contributed by atoms with Crippen LogP contribution in [0.5, 0.6) is 0 Å². The maximum atomic E-state index is 11.7. The van der Waals surface area contributed by atoms with Gasteiger partial charge in [0.15, 0.2) is 0 Å². The largest absolute Gasteiger partial charge is 0.309 e. The Labute approximate surface area is 104 Å². The first-order valence-corrected chi connectivity index (χ1v) is 7.78. The predicted molar refractivity (Wildman–Crippen MR) is 67.4 cm³/mol. The fraction of sp³-hybridized carbons (Fsp3) is 1.00. The second-order valence-corrected chi connectivity index (χ2v) is 7.08. The zero-order chi connectivity index (χ0) is 12.2. The molecule has 1 saturated heterocycles. The summed E-state index contributed by atoms with van der Waals surface area (Å²) in [6.07, 6.45) is 1.92. The van der Waals surface area contributed by atoms with Crippen molar-refractivity contribution in [3.63, 3.8) is 0 Å². The van der Waals surface area contributed by atoms with Crippen molar-refractivity contribution in [2.24, 2.45) is 5.92 Å². The smallest absolute Gasteiger partial charge is 0.215 e. The van der Waals surface area contributed by atoms with Crippen LogP contribution in [0, 0.1) is 5.92 Å². The molecule has 1 fully saturated rings. The quantitative estimate of drug-likeness (QED) is 0.694. The molecule has 0 atom stereocenters. The van der Waals surface area contributed by atoms with Gasteiger partial charge in [-0.2, -0.15) is 0 Å². The van der Waals surface area contributed by atoms with Crippen molar-refractivity contribution >= 4 is 21.6 Å². The normalized spacial score (nSPS) is 20.5. The first-order chi connectivity index (χ1) is 7.45. The summed E-state index contributed by atoms with van der Waals surface area (Å²) in [7, 11) is 1.01. The van der Waals surface area contributed by atoms with Crippen LogP contribution in [0.2, 0.25) is 0 Å². The summed E-state index contributed by atoms with van der Waals surface area (Å²) in [5.74, 6) is 0.866. The average Bonchev–Trinajstić information content (AvgIpc) is 2.17. The Balaban J connectivity index is 2.43. The van der Waals surface area contributed by atoms with Crippen molar-refractivity contribution in [2.75, 3.05) is 45.4 Å². The molecule has 0 aromatic heterocycles. The first kappa shape index (κ1) is 14.2. The molecule has 0 aromatic rings. The van der Waals surface area contributed by atoms with Gasteiger partial charge in [-0.1, -0.05) is 0 Å². The number of piperidine rings is 1. The van der Waals surface area contributed by atoms with Gasteiger partial charge in [0.05, 0.1) is 5.75 Å². The van der Waals surface area contributed by atoms with E-state index in [2.05, 4.69) is 19.0 Å². The molecule has 4 nitrogen and oxygen atoms in total. The van der Waals surface area contributed by atoms with Crippen molar-refractivity contribution < 1.29 is 8.42 Å². The molecular formula is C10H21ClN2O2S. The zero-order valence-electron chi connectivity index (χ0n) is 10.0. The number of sulfonamides is 1. The van der Waals surface area contributed by atoms with Crippen molar-refractivity contribution in [2.45, 2.75) is 12.8 Å². The lowest BCUT2D eigenvalue weighted by Crippen LogP contribution is -2.41. The Morgan fingerprint density at radius 1 is 1.31 bits per heavy atom. The Morgan fingerprint density at radius 3 is 2.31 bits per heavy atom. The van der Waals surface area contributed by atoms with Gasteiger partial charge < -0.3 is 4.90 Å². The number of alkyl halides is 1. The molecule has 0 amide bonds. The van der Waals surface area contributed by atoms with Crippen LogP contribution in [0.4, 0.5) is 0 Å². The van der Waals surface area contributed by atoms with Crippen LogP contribution in [0.15, 0.2) is 0 Å². The minimum absolute atomic E-state index is 0.0624. The van der Waals surface area contributed by atoms with E-state index >= 15 is 0 Å². The molecule has 0 bridgehead atoms. The highest BCUT2D eigenvalue weighted by Gasteiger charge is 2.27. The lowest BCUT2D eigenvalue weighted by molar-refractivity contribution is 0.225. The summed E-state index contributed by atoms with van der Waals surface area (Å²) in [6, 6.07) is 0. The summed E-state index contributed by atoms with van der Waals surface area (Å²) in [5.41, 5.74) is 0. The summed E-state index contributed by atoms with van der Waals surface area (Å²) < 4.78 is 25.1. The van der Waals surface area contributed by atoms with Crippen LogP contribution < -0.4 is 0 Å². The second-order valence-electron chi connectivity index (χ2n) is 4.61. The third-order valence-electron chi connectivity index (χ3n) is 2.93. The fourth-order valence-corrected chi connectivity index (χ4v) is 3.92. The molecule has 0 spiro atoms. The van der Waals surface area contributed by atoms with Crippen molar-refractivity contribution in [1.82, 2.24) is 9.21 Å². The van der Waals surface area contributed by atoms with E-state index in [9.17, 15) is 8.42 Å². The van der Waals surface area contributed by atoms with Crippen LogP contribution in [-0.2, 0) is 10.0 Å². The molecule has 1 aliphatic heterocycles. The third-order valence-corrected chi connectivity index (χ3v) is 5.21. The highest BCUT2D eigenvalue weighted by molar-refractivity contribution is 7.89. The fourth-order valence-electron chi connectivity index (χ4n) is 2.11. The predicted octanol–water partition coefficient (Wildman–Crippen LogP) is 0.829. The van der Waals surface area contributed by atoms with Crippen LogP contribution in [0.3, 0.4) is 0 Å².